The lowest BCUT2D eigenvalue weighted by Crippen LogP contribution is -2.39. The third-order valence-corrected chi connectivity index (χ3v) is 4.32. The van der Waals surface area contributed by atoms with Crippen LogP contribution in [0.15, 0.2) is 17.8 Å². The molecule has 1 aliphatic rings. The largest absolute Gasteiger partial charge is 0.393 e. The molecule has 1 amide bonds. The summed E-state index contributed by atoms with van der Waals surface area (Å²) in [5.74, 6) is 0.0205. The number of hydrogen-bond acceptors (Lipinski definition) is 4. The predicted octanol–water partition coefficient (Wildman–Crippen LogP) is 1.36. The van der Waals surface area contributed by atoms with Crippen LogP contribution >= 0.6 is 11.3 Å². The first kappa shape index (κ1) is 12.6. The van der Waals surface area contributed by atoms with Crippen molar-refractivity contribution >= 4 is 22.2 Å². The fourth-order valence-electron chi connectivity index (χ4n) is 2.52. The average molecular weight is 279 g/mol. The third kappa shape index (κ3) is 2.96. The highest BCUT2D eigenvalue weighted by molar-refractivity contribution is 7.15. The Morgan fingerprint density at radius 1 is 1.47 bits per heavy atom. The Kier molecular flexibility index (Phi) is 3.52. The van der Waals surface area contributed by atoms with Gasteiger partial charge in [0.1, 0.15) is 0 Å². The van der Waals surface area contributed by atoms with Gasteiger partial charge in [-0.15, -0.1) is 11.3 Å². The molecule has 2 aromatic rings. The number of aliphatic hydroxyl groups excluding tert-OH is 1. The van der Waals surface area contributed by atoms with Gasteiger partial charge in [-0.2, -0.15) is 0 Å². The number of carbonyl (C=O) groups excluding carboxylic acids is 1. The molecule has 2 heterocycles. The van der Waals surface area contributed by atoms with Gasteiger partial charge in [0.05, 0.1) is 18.2 Å². The van der Waals surface area contributed by atoms with E-state index in [1.165, 1.54) is 0 Å². The normalized spacial score (nSPS) is 23.6. The zero-order valence-electron chi connectivity index (χ0n) is 10.6. The van der Waals surface area contributed by atoms with E-state index in [0.717, 1.165) is 36.3 Å². The summed E-state index contributed by atoms with van der Waals surface area (Å²) in [6, 6.07) is 0.208. The van der Waals surface area contributed by atoms with Crippen molar-refractivity contribution in [3.63, 3.8) is 0 Å². The van der Waals surface area contributed by atoms with Crippen LogP contribution in [-0.4, -0.2) is 32.5 Å². The van der Waals surface area contributed by atoms with Crippen LogP contribution < -0.4 is 5.32 Å². The van der Waals surface area contributed by atoms with Gasteiger partial charge in [-0.1, -0.05) is 0 Å². The summed E-state index contributed by atoms with van der Waals surface area (Å²) in [4.78, 5) is 17.3. The smallest absolute Gasteiger partial charge is 0.226 e. The highest BCUT2D eigenvalue weighted by Gasteiger charge is 2.21. The van der Waals surface area contributed by atoms with E-state index in [4.69, 9.17) is 0 Å². The maximum Gasteiger partial charge on any atom is 0.226 e. The summed E-state index contributed by atoms with van der Waals surface area (Å²) in [5.41, 5.74) is 0.806. The summed E-state index contributed by atoms with van der Waals surface area (Å²) in [7, 11) is 0. The van der Waals surface area contributed by atoms with Gasteiger partial charge in [0.15, 0.2) is 4.96 Å². The second kappa shape index (κ2) is 5.30. The van der Waals surface area contributed by atoms with Crippen LogP contribution in [0.4, 0.5) is 0 Å². The van der Waals surface area contributed by atoms with Gasteiger partial charge in [-0.3, -0.25) is 9.20 Å². The molecule has 102 valence electrons. The first-order valence-electron chi connectivity index (χ1n) is 6.59. The topological polar surface area (TPSA) is 66.6 Å². The Morgan fingerprint density at radius 2 is 2.26 bits per heavy atom. The highest BCUT2D eigenvalue weighted by atomic mass is 32.1. The second-order valence-corrected chi connectivity index (χ2v) is 5.95. The number of imidazole rings is 1. The number of rotatable bonds is 3. The second-order valence-electron chi connectivity index (χ2n) is 5.07. The standard InChI is InChI=1S/C13H17N3O2S/c17-11-3-1-9(2-4-11)14-12(18)7-10-8-16-5-6-19-13(16)15-10/h5-6,8-9,11,17H,1-4,7H2,(H,14,18). The lowest BCUT2D eigenvalue weighted by Gasteiger charge is -2.26. The van der Waals surface area contributed by atoms with Crippen LogP contribution in [0.2, 0.25) is 0 Å². The molecule has 0 saturated heterocycles. The van der Waals surface area contributed by atoms with Crippen molar-refractivity contribution in [2.45, 2.75) is 44.2 Å². The molecule has 2 aromatic heterocycles. The Balaban J connectivity index is 1.55. The molecule has 0 unspecified atom stereocenters. The summed E-state index contributed by atoms with van der Waals surface area (Å²) < 4.78 is 1.93. The zero-order chi connectivity index (χ0) is 13.2. The molecule has 0 spiro atoms. The first-order valence-corrected chi connectivity index (χ1v) is 7.47. The maximum absolute atomic E-state index is 11.9. The minimum absolute atomic E-state index is 0.0205. The number of amides is 1. The van der Waals surface area contributed by atoms with Crippen LogP contribution in [0.5, 0.6) is 0 Å². The lowest BCUT2D eigenvalue weighted by atomic mass is 9.93. The van der Waals surface area contributed by atoms with E-state index < -0.39 is 0 Å². The number of thiazole rings is 1. The molecule has 1 fully saturated rings. The van der Waals surface area contributed by atoms with Crippen LogP contribution in [0.3, 0.4) is 0 Å². The van der Waals surface area contributed by atoms with Gasteiger partial charge in [0.25, 0.3) is 0 Å². The van der Waals surface area contributed by atoms with E-state index in [0.29, 0.717) is 6.42 Å². The number of nitrogens with one attached hydrogen (secondary N) is 1. The van der Waals surface area contributed by atoms with Crippen LogP contribution in [0, 0.1) is 0 Å². The molecule has 2 N–H and O–H groups in total. The van der Waals surface area contributed by atoms with Gasteiger partial charge >= 0.3 is 0 Å². The fraction of sp³-hybridized carbons (Fsp3) is 0.538. The molecular weight excluding hydrogens is 262 g/mol. The molecule has 19 heavy (non-hydrogen) atoms. The van der Waals surface area contributed by atoms with Crippen molar-refractivity contribution in [1.82, 2.24) is 14.7 Å². The molecule has 6 heteroatoms. The van der Waals surface area contributed by atoms with Crippen molar-refractivity contribution in [2.24, 2.45) is 0 Å². The Morgan fingerprint density at radius 3 is 3.00 bits per heavy atom. The minimum atomic E-state index is -0.187. The van der Waals surface area contributed by atoms with Crippen molar-refractivity contribution in [2.75, 3.05) is 0 Å². The van der Waals surface area contributed by atoms with Crippen molar-refractivity contribution in [3.8, 4) is 0 Å². The Hall–Kier alpha value is -1.40. The van der Waals surface area contributed by atoms with E-state index in [-0.39, 0.29) is 18.1 Å². The number of hydrogen-bond donors (Lipinski definition) is 2. The molecule has 1 aliphatic carbocycles. The van der Waals surface area contributed by atoms with E-state index in [2.05, 4.69) is 10.3 Å². The molecule has 1 saturated carbocycles. The van der Waals surface area contributed by atoms with Gasteiger partial charge in [0, 0.05) is 23.8 Å². The van der Waals surface area contributed by atoms with Crippen LogP contribution in [-0.2, 0) is 11.2 Å². The monoisotopic (exact) mass is 279 g/mol. The third-order valence-electron chi connectivity index (χ3n) is 3.55. The zero-order valence-corrected chi connectivity index (χ0v) is 11.4. The summed E-state index contributed by atoms with van der Waals surface area (Å²) in [6.45, 7) is 0. The fourth-order valence-corrected chi connectivity index (χ4v) is 3.24. The number of carbonyl (C=O) groups is 1. The molecule has 0 atom stereocenters. The Bertz CT molecular complexity index is 541. The number of nitrogens with zero attached hydrogens (tertiary/aromatic N) is 2. The van der Waals surface area contributed by atoms with E-state index in [9.17, 15) is 9.90 Å². The molecule has 3 rings (SSSR count). The average Bonchev–Trinajstić information content (AvgIpc) is 2.92. The summed E-state index contributed by atoms with van der Waals surface area (Å²) in [6.07, 6.45) is 7.28. The molecule has 5 nitrogen and oxygen atoms in total. The number of fused-ring (bicyclic) bond motifs is 1. The highest BCUT2D eigenvalue weighted by Crippen LogP contribution is 2.18. The molecule has 0 bridgehead atoms. The minimum Gasteiger partial charge on any atom is -0.393 e. The predicted molar refractivity (Wildman–Crippen MR) is 73.2 cm³/mol. The van der Waals surface area contributed by atoms with E-state index in [1.807, 2.05) is 22.2 Å². The summed E-state index contributed by atoms with van der Waals surface area (Å²) >= 11 is 1.56. The molecular formula is C13H17N3O2S. The Labute approximate surface area is 115 Å². The quantitative estimate of drug-likeness (QED) is 0.891. The van der Waals surface area contributed by atoms with E-state index >= 15 is 0 Å². The van der Waals surface area contributed by atoms with Gasteiger partial charge in [-0.05, 0) is 25.7 Å². The van der Waals surface area contributed by atoms with Crippen molar-refractivity contribution < 1.29 is 9.90 Å². The first-order chi connectivity index (χ1) is 9.20. The van der Waals surface area contributed by atoms with E-state index in [1.54, 1.807) is 11.3 Å². The van der Waals surface area contributed by atoms with Gasteiger partial charge in [0.2, 0.25) is 5.91 Å². The lowest BCUT2D eigenvalue weighted by molar-refractivity contribution is -0.121. The van der Waals surface area contributed by atoms with Crippen molar-refractivity contribution in [3.05, 3.63) is 23.5 Å². The SMILES string of the molecule is O=C(Cc1cn2ccsc2n1)NC1CCC(O)CC1. The summed E-state index contributed by atoms with van der Waals surface area (Å²) in [5, 5.41) is 14.4. The molecule has 0 radical (unpaired) electrons. The van der Waals surface area contributed by atoms with Crippen LogP contribution in [0.1, 0.15) is 31.4 Å². The number of aromatic nitrogens is 2. The molecule has 0 aromatic carbocycles. The number of aliphatic hydroxyl groups is 1. The van der Waals surface area contributed by atoms with Crippen molar-refractivity contribution in [1.29, 1.82) is 0 Å². The van der Waals surface area contributed by atoms with Gasteiger partial charge < -0.3 is 10.4 Å². The van der Waals surface area contributed by atoms with Gasteiger partial charge in [-0.25, -0.2) is 4.98 Å². The van der Waals surface area contributed by atoms with Crippen LogP contribution in [0.25, 0.3) is 4.96 Å². The maximum atomic E-state index is 11.9. The molecule has 0 aliphatic heterocycles.